The van der Waals surface area contributed by atoms with Crippen molar-refractivity contribution in [3.8, 4) is 0 Å². The predicted molar refractivity (Wildman–Crippen MR) is 69.1 cm³/mol. The van der Waals surface area contributed by atoms with Crippen molar-refractivity contribution in [1.82, 2.24) is 5.32 Å². The molecule has 0 heterocycles. The van der Waals surface area contributed by atoms with Crippen molar-refractivity contribution in [1.29, 1.82) is 0 Å². The molecule has 90 valence electrons. The van der Waals surface area contributed by atoms with E-state index in [1.54, 1.807) is 0 Å². The Labute approximate surface area is 103 Å². The minimum atomic E-state index is 0.766. The van der Waals surface area contributed by atoms with Gasteiger partial charge in [0.05, 0.1) is 6.61 Å². The molecule has 0 unspecified atom stereocenters. The molecule has 0 fully saturated rings. The van der Waals surface area contributed by atoms with Crippen LogP contribution < -0.4 is 5.32 Å². The molecule has 0 aliphatic carbocycles. The smallest absolute Gasteiger partial charge is 0.0590 e. The molecule has 2 nitrogen and oxygen atoms in total. The summed E-state index contributed by atoms with van der Waals surface area (Å²) >= 11 is 5.98. The highest BCUT2D eigenvalue weighted by Gasteiger charge is 2.03. The summed E-state index contributed by atoms with van der Waals surface area (Å²) in [6.07, 6.45) is 0. The van der Waals surface area contributed by atoms with Gasteiger partial charge >= 0.3 is 0 Å². The standard InChI is InChI=1S/C13H20ClNO/c1-4-16-6-5-15-9-13-10(2)7-12(14)8-11(13)3/h7-8,15H,4-6,9H2,1-3H3. The molecular weight excluding hydrogens is 222 g/mol. The first-order chi connectivity index (χ1) is 7.65. The average molecular weight is 242 g/mol. The normalized spacial score (nSPS) is 10.8. The number of rotatable bonds is 6. The summed E-state index contributed by atoms with van der Waals surface area (Å²) in [6.45, 7) is 9.50. The SMILES string of the molecule is CCOCCNCc1c(C)cc(Cl)cc1C. The second-order valence-corrected chi connectivity index (χ2v) is 4.33. The lowest BCUT2D eigenvalue weighted by Gasteiger charge is -2.11. The maximum atomic E-state index is 5.98. The Morgan fingerprint density at radius 1 is 1.25 bits per heavy atom. The third kappa shape index (κ3) is 4.12. The van der Waals surface area contributed by atoms with E-state index in [-0.39, 0.29) is 0 Å². The van der Waals surface area contributed by atoms with E-state index >= 15 is 0 Å². The maximum Gasteiger partial charge on any atom is 0.0590 e. The van der Waals surface area contributed by atoms with E-state index in [2.05, 4.69) is 19.2 Å². The van der Waals surface area contributed by atoms with E-state index in [1.165, 1.54) is 16.7 Å². The molecule has 0 aromatic heterocycles. The lowest BCUT2D eigenvalue weighted by molar-refractivity contribution is 0.149. The van der Waals surface area contributed by atoms with Gasteiger partial charge in [0, 0.05) is 24.7 Å². The Morgan fingerprint density at radius 3 is 2.44 bits per heavy atom. The highest BCUT2D eigenvalue weighted by Crippen LogP contribution is 2.19. The van der Waals surface area contributed by atoms with Crippen molar-refractivity contribution in [2.24, 2.45) is 0 Å². The number of benzene rings is 1. The highest BCUT2D eigenvalue weighted by atomic mass is 35.5. The zero-order valence-electron chi connectivity index (χ0n) is 10.3. The number of ether oxygens (including phenoxy) is 1. The van der Waals surface area contributed by atoms with E-state index in [0.717, 1.165) is 31.3 Å². The summed E-state index contributed by atoms with van der Waals surface area (Å²) < 4.78 is 5.27. The highest BCUT2D eigenvalue weighted by molar-refractivity contribution is 6.30. The first kappa shape index (κ1) is 13.5. The van der Waals surface area contributed by atoms with Crippen LogP contribution in [0, 0.1) is 13.8 Å². The molecule has 0 spiro atoms. The molecular formula is C13H20ClNO. The molecule has 3 heteroatoms. The van der Waals surface area contributed by atoms with Gasteiger partial charge in [-0.15, -0.1) is 0 Å². The molecule has 0 radical (unpaired) electrons. The molecule has 0 aliphatic heterocycles. The summed E-state index contributed by atoms with van der Waals surface area (Å²) in [6, 6.07) is 4.02. The second kappa shape index (κ2) is 6.89. The molecule has 0 bridgehead atoms. The van der Waals surface area contributed by atoms with Crippen molar-refractivity contribution in [3.05, 3.63) is 33.8 Å². The molecule has 0 atom stereocenters. The molecule has 0 saturated heterocycles. The van der Waals surface area contributed by atoms with Crippen LogP contribution in [0.25, 0.3) is 0 Å². The van der Waals surface area contributed by atoms with Gasteiger partial charge in [0.2, 0.25) is 0 Å². The molecule has 1 rings (SSSR count). The first-order valence-corrected chi connectivity index (χ1v) is 6.07. The molecule has 1 aromatic carbocycles. The van der Waals surface area contributed by atoms with Gasteiger partial charge in [0.1, 0.15) is 0 Å². The van der Waals surface area contributed by atoms with Crippen LogP contribution in [0.15, 0.2) is 12.1 Å². The van der Waals surface area contributed by atoms with Gasteiger partial charge in [-0.05, 0) is 49.6 Å². The average Bonchev–Trinajstić information content (AvgIpc) is 2.20. The summed E-state index contributed by atoms with van der Waals surface area (Å²) in [5, 5.41) is 4.18. The molecule has 16 heavy (non-hydrogen) atoms. The summed E-state index contributed by atoms with van der Waals surface area (Å²) in [7, 11) is 0. The van der Waals surface area contributed by atoms with Gasteiger partial charge in [-0.3, -0.25) is 0 Å². The third-order valence-electron chi connectivity index (χ3n) is 2.59. The van der Waals surface area contributed by atoms with Crippen molar-refractivity contribution >= 4 is 11.6 Å². The lowest BCUT2D eigenvalue weighted by Crippen LogP contribution is -2.20. The van der Waals surface area contributed by atoms with Gasteiger partial charge in [-0.2, -0.15) is 0 Å². The molecule has 0 saturated carbocycles. The van der Waals surface area contributed by atoms with Crippen LogP contribution in [0.4, 0.5) is 0 Å². The van der Waals surface area contributed by atoms with E-state index in [9.17, 15) is 0 Å². The van der Waals surface area contributed by atoms with Gasteiger partial charge in [-0.25, -0.2) is 0 Å². The largest absolute Gasteiger partial charge is 0.380 e. The monoisotopic (exact) mass is 241 g/mol. The molecule has 1 aromatic rings. The second-order valence-electron chi connectivity index (χ2n) is 3.89. The minimum Gasteiger partial charge on any atom is -0.380 e. The Bertz CT molecular complexity index is 316. The summed E-state index contributed by atoms with van der Waals surface area (Å²) in [4.78, 5) is 0. The van der Waals surface area contributed by atoms with Crippen molar-refractivity contribution in [2.75, 3.05) is 19.8 Å². The fourth-order valence-corrected chi connectivity index (χ4v) is 2.05. The number of hydrogen-bond acceptors (Lipinski definition) is 2. The molecule has 0 aliphatic rings. The van der Waals surface area contributed by atoms with Crippen molar-refractivity contribution < 1.29 is 4.74 Å². The van der Waals surface area contributed by atoms with E-state index in [4.69, 9.17) is 16.3 Å². The van der Waals surface area contributed by atoms with Crippen LogP contribution in [0.5, 0.6) is 0 Å². The number of nitrogens with one attached hydrogen (secondary N) is 1. The molecule has 0 amide bonds. The summed E-state index contributed by atoms with van der Waals surface area (Å²) in [5.41, 5.74) is 3.82. The quantitative estimate of drug-likeness (QED) is 0.773. The topological polar surface area (TPSA) is 21.3 Å². The van der Waals surface area contributed by atoms with Gasteiger partial charge in [-0.1, -0.05) is 11.6 Å². The predicted octanol–water partition coefficient (Wildman–Crippen LogP) is 3.08. The Morgan fingerprint density at radius 2 is 1.88 bits per heavy atom. The fourth-order valence-electron chi connectivity index (χ4n) is 1.72. The lowest BCUT2D eigenvalue weighted by atomic mass is 10.0. The summed E-state index contributed by atoms with van der Waals surface area (Å²) in [5.74, 6) is 0. The van der Waals surface area contributed by atoms with E-state index in [0.29, 0.717) is 0 Å². The van der Waals surface area contributed by atoms with Crippen molar-refractivity contribution in [2.45, 2.75) is 27.3 Å². The van der Waals surface area contributed by atoms with Crippen molar-refractivity contribution in [3.63, 3.8) is 0 Å². The van der Waals surface area contributed by atoms with Gasteiger partial charge in [0.25, 0.3) is 0 Å². The van der Waals surface area contributed by atoms with Crippen LogP contribution in [0.3, 0.4) is 0 Å². The minimum absolute atomic E-state index is 0.766. The molecule has 1 N–H and O–H groups in total. The third-order valence-corrected chi connectivity index (χ3v) is 2.81. The Kier molecular flexibility index (Phi) is 5.81. The zero-order chi connectivity index (χ0) is 12.0. The fraction of sp³-hybridized carbons (Fsp3) is 0.538. The number of aryl methyl sites for hydroxylation is 2. The van der Waals surface area contributed by atoms with Crippen LogP contribution in [-0.4, -0.2) is 19.8 Å². The van der Waals surface area contributed by atoms with Crippen LogP contribution in [0.2, 0.25) is 5.02 Å². The van der Waals surface area contributed by atoms with Gasteiger partial charge in [0.15, 0.2) is 0 Å². The number of hydrogen-bond donors (Lipinski definition) is 1. The van der Waals surface area contributed by atoms with Gasteiger partial charge < -0.3 is 10.1 Å². The first-order valence-electron chi connectivity index (χ1n) is 5.69. The van der Waals surface area contributed by atoms with E-state index < -0.39 is 0 Å². The zero-order valence-corrected chi connectivity index (χ0v) is 11.0. The Hall–Kier alpha value is -0.570. The number of halogens is 1. The maximum absolute atomic E-state index is 5.98. The van der Waals surface area contributed by atoms with Crippen LogP contribution in [-0.2, 0) is 11.3 Å². The van der Waals surface area contributed by atoms with E-state index in [1.807, 2.05) is 19.1 Å². The van der Waals surface area contributed by atoms with Crippen LogP contribution in [0.1, 0.15) is 23.6 Å². The van der Waals surface area contributed by atoms with Crippen LogP contribution >= 0.6 is 11.6 Å². The Balaban J connectivity index is 2.47.